The van der Waals surface area contributed by atoms with Crippen LogP contribution in [0.5, 0.6) is 0 Å². The Labute approximate surface area is 145 Å². The molecule has 0 aromatic carbocycles. The first-order valence-corrected chi connectivity index (χ1v) is 8.16. The topological polar surface area (TPSA) is 47.9 Å². The van der Waals surface area contributed by atoms with Crippen molar-refractivity contribution in [3.63, 3.8) is 0 Å². The molecule has 1 rings (SSSR count). The Morgan fingerprint density at radius 2 is 2.00 bits per heavy atom. The van der Waals surface area contributed by atoms with E-state index in [1.807, 2.05) is 32.7 Å². The molecule has 0 aromatic rings. The summed E-state index contributed by atoms with van der Waals surface area (Å²) < 4.78 is 0.266. The van der Waals surface area contributed by atoms with Crippen LogP contribution in [0.15, 0.2) is 4.99 Å². The van der Waals surface area contributed by atoms with Crippen LogP contribution in [0.25, 0.3) is 0 Å². The second-order valence-electron chi connectivity index (χ2n) is 5.86. The van der Waals surface area contributed by atoms with Crippen molar-refractivity contribution in [2.24, 2.45) is 4.99 Å². The molecule has 0 aromatic heterocycles. The minimum absolute atomic E-state index is 0. The molecule has 0 saturated carbocycles. The lowest BCUT2D eigenvalue weighted by Crippen LogP contribution is -2.53. The number of hydrogen-bond acceptors (Lipinski definition) is 3. The number of guanidine groups is 1. The minimum atomic E-state index is -0.629. The quantitative estimate of drug-likeness (QED) is 0.421. The molecule has 0 amide bonds. The largest absolute Gasteiger partial charge is 0.388 e. The fraction of sp³-hybridized carbons (Fsp3) is 0.929. The van der Waals surface area contributed by atoms with Crippen LogP contribution in [-0.4, -0.2) is 58.7 Å². The molecule has 0 bridgehead atoms. The van der Waals surface area contributed by atoms with Crippen LogP contribution in [0.2, 0.25) is 0 Å². The van der Waals surface area contributed by atoms with Gasteiger partial charge in [0.2, 0.25) is 0 Å². The number of halogens is 1. The molecule has 1 heterocycles. The molecular weight excluding hydrogens is 385 g/mol. The maximum Gasteiger partial charge on any atom is 0.193 e. The lowest BCUT2D eigenvalue weighted by molar-refractivity contribution is 0.0361. The van der Waals surface area contributed by atoms with Gasteiger partial charge in [-0.15, -0.1) is 24.0 Å². The zero-order valence-electron chi connectivity index (χ0n) is 13.4. The van der Waals surface area contributed by atoms with Crippen molar-refractivity contribution in [3.8, 4) is 0 Å². The summed E-state index contributed by atoms with van der Waals surface area (Å²) >= 11 is 2.01. The van der Waals surface area contributed by atoms with Gasteiger partial charge >= 0.3 is 0 Å². The van der Waals surface area contributed by atoms with Crippen molar-refractivity contribution in [2.45, 2.75) is 50.9 Å². The number of thioether (sulfide) groups is 1. The van der Waals surface area contributed by atoms with Crippen molar-refractivity contribution in [1.29, 1.82) is 0 Å². The third kappa shape index (κ3) is 5.97. The van der Waals surface area contributed by atoms with E-state index in [-0.39, 0.29) is 28.7 Å². The summed E-state index contributed by atoms with van der Waals surface area (Å²) in [6, 6.07) is 0. The van der Waals surface area contributed by atoms with Gasteiger partial charge in [-0.1, -0.05) is 13.8 Å². The van der Waals surface area contributed by atoms with Gasteiger partial charge in [0.05, 0.1) is 5.60 Å². The molecule has 0 radical (unpaired) electrons. The average Bonchev–Trinajstić information content (AvgIpc) is 2.38. The summed E-state index contributed by atoms with van der Waals surface area (Å²) in [7, 11) is 1.81. The van der Waals surface area contributed by atoms with Gasteiger partial charge in [0, 0.05) is 37.2 Å². The maximum absolute atomic E-state index is 10.3. The third-order valence-electron chi connectivity index (χ3n) is 3.83. The van der Waals surface area contributed by atoms with Crippen molar-refractivity contribution < 1.29 is 5.11 Å². The molecule has 2 N–H and O–H groups in total. The fourth-order valence-corrected chi connectivity index (χ4v) is 3.38. The first kappa shape index (κ1) is 20.3. The Morgan fingerprint density at radius 1 is 1.40 bits per heavy atom. The Hall–Kier alpha value is 0.310. The maximum atomic E-state index is 10.3. The predicted molar refractivity (Wildman–Crippen MR) is 100 cm³/mol. The molecule has 20 heavy (non-hydrogen) atoms. The standard InChI is InChI=1S/C14H29N3OS.HI/c1-6-14(18,7-2)10-16-12(15-5)17-8-9-19-13(3,4)11-17;/h18H,6-11H2,1-5H3,(H,15,16);1H. The highest BCUT2D eigenvalue weighted by molar-refractivity contribution is 14.0. The Balaban J connectivity index is 0.00000361. The van der Waals surface area contributed by atoms with E-state index in [2.05, 4.69) is 29.1 Å². The number of rotatable bonds is 4. The van der Waals surface area contributed by atoms with E-state index in [1.165, 1.54) is 0 Å². The molecule has 1 saturated heterocycles. The summed E-state index contributed by atoms with van der Waals surface area (Å²) in [6.45, 7) is 11.2. The molecule has 0 unspecified atom stereocenters. The third-order valence-corrected chi connectivity index (χ3v) is 5.13. The van der Waals surface area contributed by atoms with Crippen LogP contribution >= 0.6 is 35.7 Å². The van der Waals surface area contributed by atoms with Gasteiger partial charge in [-0.25, -0.2) is 0 Å². The molecule has 120 valence electrons. The summed E-state index contributed by atoms with van der Waals surface area (Å²) in [4.78, 5) is 6.65. The van der Waals surface area contributed by atoms with Gasteiger partial charge in [-0.05, 0) is 26.7 Å². The highest BCUT2D eigenvalue weighted by atomic mass is 127. The first-order valence-electron chi connectivity index (χ1n) is 7.18. The smallest absolute Gasteiger partial charge is 0.193 e. The van der Waals surface area contributed by atoms with Crippen molar-refractivity contribution in [3.05, 3.63) is 0 Å². The van der Waals surface area contributed by atoms with Gasteiger partial charge < -0.3 is 15.3 Å². The summed E-state index contributed by atoms with van der Waals surface area (Å²) in [5.74, 6) is 2.04. The lowest BCUT2D eigenvalue weighted by Gasteiger charge is -2.40. The van der Waals surface area contributed by atoms with E-state index in [4.69, 9.17) is 0 Å². The predicted octanol–water partition coefficient (Wildman–Crippen LogP) is 2.56. The van der Waals surface area contributed by atoms with E-state index in [0.717, 1.165) is 37.6 Å². The van der Waals surface area contributed by atoms with E-state index in [0.29, 0.717) is 6.54 Å². The molecule has 0 spiro atoms. The van der Waals surface area contributed by atoms with Crippen LogP contribution in [0.4, 0.5) is 0 Å². The molecule has 1 aliphatic rings. The van der Waals surface area contributed by atoms with Gasteiger partial charge in [-0.2, -0.15) is 11.8 Å². The average molecular weight is 415 g/mol. The molecular formula is C14H30IN3OS. The van der Waals surface area contributed by atoms with Gasteiger partial charge in [-0.3, -0.25) is 4.99 Å². The fourth-order valence-electron chi connectivity index (χ4n) is 2.27. The molecule has 4 nitrogen and oxygen atoms in total. The highest BCUT2D eigenvalue weighted by Crippen LogP contribution is 2.29. The molecule has 1 aliphatic heterocycles. The van der Waals surface area contributed by atoms with Gasteiger partial charge in [0.15, 0.2) is 5.96 Å². The molecule has 6 heteroatoms. The van der Waals surface area contributed by atoms with Gasteiger partial charge in [0.1, 0.15) is 0 Å². The number of nitrogens with zero attached hydrogens (tertiary/aromatic N) is 2. The summed E-state index contributed by atoms with van der Waals surface area (Å²) in [5.41, 5.74) is -0.629. The minimum Gasteiger partial charge on any atom is -0.388 e. The Bertz CT molecular complexity index is 320. The zero-order chi connectivity index (χ0) is 14.5. The van der Waals surface area contributed by atoms with Crippen LogP contribution in [0.1, 0.15) is 40.5 Å². The van der Waals surface area contributed by atoms with Crippen molar-refractivity contribution >= 4 is 41.7 Å². The van der Waals surface area contributed by atoms with Crippen LogP contribution in [-0.2, 0) is 0 Å². The normalized spacial score (nSPS) is 19.5. The molecule has 0 aliphatic carbocycles. The zero-order valence-corrected chi connectivity index (χ0v) is 16.5. The van der Waals surface area contributed by atoms with Crippen molar-refractivity contribution in [2.75, 3.05) is 32.4 Å². The number of hydrogen-bond donors (Lipinski definition) is 2. The van der Waals surface area contributed by atoms with Crippen LogP contribution < -0.4 is 5.32 Å². The Morgan fingerprint density at radius 3 is 2.45 bits per heavy atom. The van der Waals surface area contributed by atoms with Gasteiger partial charge in [0.25, 0.3) is 0 Å². The number of aliphatic imine (C=N–C) groups is 1. The SMILES string of the molecule is CCC(O)(CC)CNC(=NC)N1CCSC(C)(C)C1.I. The van der Waals surface area contributed by atoms with E-state index >= 15 is 0 Å². The molecule has 1 fully saturated rings. The van der Waals surface area contributed by atoms with E-state index in [1.54, 1.807) is 0 Å². The van der Waals surface area contributed by atoms with Crippen molar-refractivity contribution in [1.82, 2.24) is 10.2 Å². The second kappa shape index (κ2) is 8.68. The number of aliphatic hydroxyl groups is 1. The first-order chi connectivity index (χ1) is 8.86. The summed E-state index contributed by atoms with van der Waals surface area (Å²) in [5, 5.41) is 13.7. The summed E-state index contributed by atoms with van der Waals surface area (Å²) in [6.07, 6.45) is 1.52. The highest BCUT2D eigenvalue weighted by Gasteiger charge is 2.30. The monoisotopic (exact) mass is 415 g/mol. The van der Waals surface area contributed by atoms with Crippen LogP contribution in [0.3, 0.4) is 0 Å². The van der Waals surface area contributed by atoms with E-state index < -0.39 is 5.60 Å². The lowest BCUT2D eigenvalue weighted by atomic mass is 9.98. The number of nitrogens with one attached hydrogen (secondary N) is 1. The molecule has 0 atom stereocenters. The second-order valence-corrected chi connectivity index (χ2v) is 7.66. The van der Waals surface area contributed by atoms with Crippen LogP contribution in [0, 0.1) is 0 Å². The van der Waals surface area contributed by atoms with E-state index in [9.17, 15) is 5.11 Å². The Kier molecular flexibility index (Phi) is 8.81.